The van der Waals surface area contributed by atoms with Gasteiger partial charge in [0.1, 0.15) is 5.69 Å². The zero-order chi connectivity index (χ0) is 22.3. The normalized spacial score (nSPS) is 10.5. The number of nitrogens with zero attached hydrogens (tertiary/aromatic N) is 2. The van der Waals surface area contributed by atoms with Crippen LogP contribution in [0.1, 0.15) is 32.1 Å². The molecule has 0 radical (unpaired) electrons. The SMILES string of the molecule is C=CCn1c(C)cc(C(=O)COC(=O)c2ccc(NCCOC)c([N+](=O)[O-])c2)c1C. The largest absolute Gasteiger partial charge is 0.454 e. The first-order valence-electron chi connectivity index (χ1n) is 9.29. The van der Waals surface area contributed by atoms with Crippen molar-refractivity contribution < 1.29 is 24.0 Å². The minimum absolute atomic E-state index is 0.0103. The highest BCUT2D eigenvalue weighted by molar-refractivity contribution is 6.00. The number of aromatic nitrogens is 1. The Morgan fingerprint density at radius 3 is 2.67 bits per heavy atom. The molecule has 1 heterocycles. The number of hydrogen-bond donors (Lipinski definition) is 1. The highest BCUT2D eigenvalue weighted by Gasteiger charge is 2.20. The van der Waals surface area contributed by atoms with Gasteiger partial charge < -0.3 is 19.4 Å². The molecule has 2 rings (SSSR count). The maximum absolute atomic E-state index is 12.5. The molecule has 9 nitrogen and oxygen atoms in total. The Kier molecular flexibility index (Phi) is 7.88. The summed E-state index contributed by atoms with van der Waals surface area (Å²) in [6.45, 7) is 8.24. The van der Waals surface area contributed by atoms with Crippen LogP contribution >= 0.6 is 0 Å². The van der Waals surface area contributed by atoms with Crippen molar-refractivity contribution in [1.82, 2.24) is 4.57 Å². The van der Waals surface area contributed by atoms with Gasteiger partial charge >= 0.3 is 5.97 Å². The van der Waals surface area contributed by atoms with E-state index in [0.29, 0.717) is 25.3 Å². The van der Waals surface area contributed by atoms with Crippen LogP contribution in [0.5, 0.6) is 0 Å². The fraction of sp³-hybridized carbons (Fsp3) is 0.333. The fourth-order valence-corrected chi connectivity index (χ4v) is 3.03. The molecule has 9 heteroatoms. The number of carbonyl (C=O) groups is 2. The zero-order valence-corrected chi connectivity index (χ0v) is 17.3. The number of esters is 1. The molecule has 0 aliphatic carbocycles. The molecule has 1 N–H and O–H groups in total. The predicted molar refractivity (Wildman–Crippen MR) is 112 cm³/mol. The van der Waals surface area contributed by atoms with Gasteiger partial charge in [-0.05, 0) is 32.0 Å². The summed E-state index contributed by atoms with van der Waals surface area (Å²) in [7, 11) is 1.52. The van der Waals surface area contributed by atoms with E-state index in [-0.39, 0.29) is 22.7 Å². The number of anilines is 1. The average Bonchev–Trinajstić information content (AvgIpc) is 3.00. The molecule has 0 bridgehead atoms. The third-order valence-electron chi connectivity index (χ3n) is 4.57. The van der Waals surface area contributed by atoms with Crippen molar-refractivity contribution >= 4 is 23.1 Å². The number of ether oxygens (including phenoxy) is 2. The van der Waals surface area contributed by atoms with Crippen molar-refractivity contribution in [2.45, 2.75) is 20.4 Å². The Balaban J connectivity index is 2.10. The zero-order valence-electron chi connectivity index (χ0n) is 17.3. The molecule has 1 aromatic heterocycles. The number of nitrogens with one attached hydrogen (secondary N) is 1. The topological polar surface area (TPSA) is 113 Å². The number of allylic oxidation sites excluding steroid dienone is 1. The van der Waals surface area contributed by atoms with Crippen LogP contribution < -0.4 is 5.32 Å². The highest BCUT2D eigenvalue weighted by Crippen LogP contribution is 2.26. The van der Waals surface area contributed by atoms with E-state index in [1.165, 1.54) is 19.2 Å². The van der Waals surface area contributed by atoms with Gasteiger partial charge in [0.15, 0.2) is 6.61 Å². The van der Waals surface area contributed by atoms with Gasteiger partial charge in [-0.15, -0.1) is 6.58 Å². The fourth-order valence-electron chi connectivity index (χ4n) is 3.03. The van der Waals surface area contributed by atoms with E-state index >= 15 is 0 Å². The van der Waals surface area contributed by atoms with Crippen molar-refractivity contribution in [1.29, 1.82) is 0 Å². The molecule has 0 atom stereocenters. The molecule has 0 amide bonds. The van der Waals surface area contributed by atoms with Gasteiger partial charge in [0.2, 0.25) is 5.78 Å². The minimum atomic E-state index is -0.810. The van der Waals surface area contributed by atoms with Crippen LogP contribution in [0.15, 0.2) is 36.9 Å². The van der Waals surface area contributed by atoms with E-state index in [2.05, 4.69) is 11.9 Å². The summed E-state index contributed by atoms with van der Waals surface area (Å²) in [6, 6.07) is 5.69. The van der Waals surface area contributed by atoms with Gasteiger partial charge in [-0.3, -0.25) is 14.9 Å². The van der Waals surface area contributed by atoms with Crippen LogP contribution in [-0.4, -0.2) is 48.1 Å². The third-order valence-corrected chi connectivity index (χ3v) is 4.57. The lowest BCUT2D eigenvalue weighted by molar-refractivity contribution is -0.384. The maximum Gasteiger partial charge on any atom is 0.338 e. The second-order valence-corrected chi connectivity index (χ2v) is 6.59. The lowest BCUT2D eigenvalue weighted by atomic mass is 10.1. The Hall–Kier alpha value is -3.46. The van der Waals surface area contributed by atoms with Crippen LogP contribution in [0.2, 0.25) is 0 Å². The maximum atomic E-state index is 12.5. The van der Waals surface area contributed by atoms with E-state index in [1.54, 1.807) is 12.1 Å². The Labute approximate surface area is 174 Å². The van der Waals surface area contributed by atoms with Crippen molar-refractivity contribution in [2.75, 3.05) is 32.2 Å². The standard InChI is InChI=1S/C21H25N3O6/c1-5-9-23-14(2)11-17(15(23)3)20(25)13-30-21(26)16-6-7-18(22-8-10-29-4)19(12-16)24(27)28/h5-7,11-12,22H,1,8-10,13H2,2-4H3. The predicted octanol–water partition coefficient (Wildman–Crippen LogP) is 3.30. The molecular weight excluding hydrogens is 390 g/mol. The summed E-state index contributed by atoms with van der Waals surface area (Å²) in [5, 5.41) is 14.2. The van der Waals surface area contributed by atoms with Crippen LogP contribution in [-0.2, 0) is 16.0 Å². The first-order valence-corrected chi connectivity index (χ1v) is 9.29. The first-order chi connectivity index (χ1) is 14.3. The second kappa shape index (κ2) is 10.4. The van der Waals surface area contributed by atoms with Crippen LogP contribution in [0.25, 0.3) is 0 Å². The summed E-state index contributed by atoms with van der Waals surface area (Å²) in [6.07, 6.45) is 1.73. The Morgan fingerprint density at radius 2 is 2.03 bits per heavy atom. The van der Waals surface area contributed by atoms with Gasteiger partial charge in [-0.2, -0.15) is 0 Å². The van der Waals surface area contributed by atoms with E-state index in [1.807, 2.05) is 18.4 Å². The summed E-state index contributed by atoms with van der Waals surface area (Å²) >= 11 is 0. The Morgan fingerprint density at radius 1 is 1.30 bits per heavy atom. The Bertz CT molecular complexity index is 964. The van der Waals surface area contributed by atoms with E-state index < -0.39 is 17.5 Å². The summed E-state index contributed by atoms with van der Waals surface area (Å²) in [5.74, 6) is -1.16. The number of nitro benzene ring substituents is 1. The average molecular weight is 415 g/mol. The van der Waals surface area contributed by atoms with E-state index in [4.69, 9.17) is 9.47 Å². The molecule has 0 spiro atoms. The number of carbonyl (C=O) groups excluding carboxylic acids is 2. The van der Waals surface area contributed by atoms with Gasteiger partial charge in [-0.1, -0.05) is 6.08 Å². The number of benzene rings is 1. The van der Waals surface area contributed by atoms with Crippen molar-refractivity contribution in [2.24, 2.45) is 0 Å². The lowest BCUT2D eigenvalue weighted by Crippen LogP contribution is -2.15. The van der Waals surface area contributed by atoms with Gasteiger partial charge in [-0.25, -0.2) is 4.79 Å². The monoisotopic (exact) mass is 415 g/mol. The number of nitro groups is 1. The quantitative estimate of drug-likeness (QED) is 0.150. The van der Waals surface area contributed by atoms with Gasteiger partial charge in [0.25, 0.3) is 5.69 Å². The molecule has 160 valence electrons. The van der Waals surface area contributed by atoms with Gasteiger partial charge in [0, 0.05) is 43.2 Å². The smallest absolute Gasteiger partial charge is 0.338 e. The summed E-state index contributed by atoms with van der Waals surface area (Å²) < 4.78 is 11.9. The van der Waals surface area contributed by atoms with Crippen LogP contribution in [0, 0.1) is 24.0 Å². The van der Waals surface area contributed by atoms with Crippen LogP contribution in [0.3, 0.4) is 0 Å². The molecule has 0 aliphatic heterocycles. The summed E-state index contributed by atoms with van der Waals surface area (Å²) in [4.78, 5) is 35.6. The van der Waals surface area contributed by atoms with Gasteiger partial charge in [0.05, 0.1) is 17.1 Å². The molecule has 30 heavy (non-hydrogen) atoms. The molecular formula is C21H25N3O6. The molecule has 0 unspecified atom stereocenters. The molecule has 2 aromatic rings. The third kappa shape index (κ3) is 5.32. The molecule has 1 aromatic carbocycles. The molecule has 0 saturated heterocycles. The highest BCUT2D eigenvalue weighted by atomic mass is 16.6. The number of hydrogen-bond acceptors (Lipinski definition) is 7. The van der Waals surface area contributed by atoms with Crippen LogP contribution in [0.4, 0.5) is 11.4 Å². The van der Waals surface area contributed by atoms with E-state index in [0.717, 1.165) is 17.5 Å². The number of methoxy groups -OCH3 is 1. The minimum Gasteiger partial charge on any atom is -0.454 e. The molecule has 0 fully saturated rings. The number of Topliss-reactive ketones (excluding diaryl/α,β-unsaturated/α-hetero) is 1. The summed E-state index contributed by atoms with van der Waals surface area (Å²) in [5.41, 5.74) is 2.11. The van der Waals surface area contributed by atoms with Crippen molar-refractivity contribution in [3.8, 4) is 0 Å². The second-order valence-electron chi connectivity index (χ2n) is 6.59. The number of aryl methyl sites for hydroxylation is 1. The number of ketones is 1. The first kappa shape index (κ1) is 22.8. The lowest BCUT2D eigenvalue weighted by Gasteiger charge is -2.09. The molecule has 0 aliphatic rings. The van der Waals surface area contributed by atoms with E-state index in [9.17, 15) is 19.7 Å². The number of rotatable bonds is 11. The van der Waals surface area contributed by atoms with Crippen molar-refractivity contribution in [3.63, 3.8) is 0 Å². The molecule has 0 saturated carbocycles. The van der Waals surface area contributed by atoms with Crippen molar-refractivity contribution in [3.05, 3.63) is 69.5 Å².